The van der Waals surface area contributed by atoms with E-state index >= 15 is 0 Å². The molecule has 2 aromatic carbocycles. The third-order valence-electron chi connectivity index (χ3n) is 3.12. The van der Waals surface area contributed by atoms with Gasteiger partial charge in [0.05, 0.1) is 0 Å². The Bertz CT molecular complexity index is 735. The Morgan fingerprint density at radius 2 is 1.95 bits per heavy atom. The molecule has 0 spiro atoms. The van der Waals surface area contributed by atoms with Crippen molar-refractivity contribution in [3.63, 3.8) is 0 Å². The minimum atomic E-state index is 0.773. The Balaban J connectivity index is 1.70. The van der Waals surface area contributed by atoms with E-state index in [1.165, 1.54) is 16.0 Å². The quantitative estimate of drug-likeness (QED) is 0.693. The number of hydrogen-bond acceptors (Lipinski definition) is 3. The molecule has 0 bridgehead atoms. The number of nitrogens with zero attached hydrogens (tertiary/aromatic N) is 1. The summed E-state index contributed by atoms with van der Waals surface area (Å²) < 4.78 is 0. The van der Waals surface area contributed by atoms with Crippen molar-refractivity contribution in [2.45, 2.75) is 13.3 Å². The summed E-state index contributed by atoms with van der Waals surface area (Å²) in [6.07, 6.45) is 2.77. The Hall–Kier alpha value is -1.84. The highest BCUT2D eigenvalue weighted by Gasteiger charge is 2.04. The molecule has 1 heterocycles. The van der Waals surface area contributed by atoms with E-state index in [0.717, 1.165) is 22.3 Å². The number of benzene rings is 2. The number of nitrogens with one attached hydrogen (secondary N) is 1. The van der Waals surface area contributed by atoms with Gasteiger partial charge < -0.3 is 5.32 Å². The summed E-state index contributed by atoms with van der Waals surface area (Å²) >= 11 is 7.68. The summed E-state index contributed by atoms with van der Waals surface area (Å²) in [6, 6.07) is 16.2. The minimum absolute atomic E-state index is 0.773. The van der Waals surface area contributed by atoms with Crippen molar-refractivity contribution in [3.05, 3.63) is 75.8 Å². The highest BCUT2D eigenvalue weighted by molar-refractivity contribution is 7.15. The van der Waals surface area contributed by atoms with Crippen LogP contribution in [0.1, 0.15) is 16.0 Å². The van der Waals surface area contributed by atoms with Gasteiger partial charge in [0, 0.05) is 28.2 Å². The van der Waals surface area contributed by atoms with Gasteiger partial charge >= 0.3 is 0 Å². The lowest BCUT2D eigenvalue weighted by atomic mass is 10.1. The second-order valence-electron chi connectivity index (χ2n) is 4.93. The summed E-state index contributed by atoms with van der Waals surface area (Å²) in [5.41, 5.74) is 3.51. The molecular weight excluding hydrogens is 300 g/mol. The molecule has 0 atom stereocenters. The zero-order valence-electron chi connectivity index (χ0n) is 11.6. The first-order chi connectivity index (χ1) is 10.2. The van der Waals surface area contributed by atoms with E-state index < -0.39 is 0 Å². The zero-order chi connectivity index (χ0) is 14.7. The molecule has 1 aromatic heterocycles. The normalized spacial score (nSPS) is 10.6. The topological polar surface area (TPSA) is 24.9 Å². The fourth-order valence-corrected chi connectivity index (χ4v) is 3.14. The molecule has 0 fully saturated rings. The standard InChI is InChI=1S/C17H15ClN2S/c1-12-5-7-15(8-6-12)20-17-19-11-16(21-17)10-13-3-2-4-14(18)9-13/h2-9,11H,10H2,1H3,(H,19,20). The lowest BCUT2D eigenvalue weighted by molar-refractivity contribution is 1.22. The maximum atomic E-state index is 6.01. The molecule has 0 saturated heterocycles. The first-order valence-corrected chi connectivity index (χ1v) is 7.91. The van der Waals surface area contributed by atoms with Crippen LogP contribution in [0.15, 0.2) is 54.7 Å². The van der Waals surface area contributed by atoms with Crippen LogP contribution in [0.3, 0.4) is 0 Å². The Kier molecular flexibility index (Phi) is 4.23. The molecule has 0 saturated carbocycles. The maximum Gasteiger partial charge on any atom is 0.187 e. The van der Waals surface area contributed by atoms with Gasteiger partial charge in [-0.3, -0.25) is 0 Å². The molecule has 2 nitrogen and oxygen atoms in total. The van der Waals surface area contributed by atoms with Gasteiger partial charge in [0.25, 0.3) is 0 Å². The first-order valence-electron chi connectivity index (χ1n) is 6.72. The molecule has 0 aliphatic heterocycles. The van der Waals surface area contributed by atoms with Crippen LogP contribution >= 0.6 is 22.9 Å². The lowest BCUT2D eigenvalue weighted by Gasteiger charge is -2.02. The molecule has 4 heteroatoms. The average molecular weight is 315 g/mol. The van der Waals surface area contributed by atoms with Crippen molar-refractivity contribution < 1.29 is 0 Å². The lowest BCUT2D eigenvalue weighted by Crippen LogP contribution is -1.88. The van der Waals surface area contributed by atoms with E-state index in [1.54, 1.807) is 11.3 Å². The van der Waals surface area contributed by atoms with E-state index in [2.05, 4.69) is 47.6 Å². The van der Waals surface area contributed by atoms with Crippen LogP contribution in [0.25, 0.3) is 0 Å². The van der Waals surface area contributed by atoms with Crippen molar-refractivity contribution in [1.82, 2.24) is 4.98 Å². The fraction of sp³-hybridized carbons (Fsp3) is 0.118. The third-order valence-corrected chi connectivity index (χ3v) is 4.27. The molecule has 106 valence electrons. The van der Waals surface area contributed by atoms with Crippen molar-refractivity contribution in [2.24, 2.45) is 0 Å². The molecular formula is C17H15ClN2S. The van der Waals surface area contributed by atoms with Crippen LogP contribution in [-0.2, 0) is 6.42 Å². The number of aryl methyl sites for hydroxylation is 1. The van der Waals surface area contributed by atoms with Crippen LogP contribution in [0.5, 0.6) is 0 Å². The predicted molar refractivity (Wildman–Crippen MR) is 90.8 cm³/mol. The number of aromatic nitrogens is 1. The van der Waals surface area contributed by atoms with Crippen LogP contribution in [0.2, 0.25) is 5.02 Å². The summed E-state index contributed by atoms with van der Waals surface area (Å²) in [7, 11) is 0. The summed E-state index contributed by atoms with van der Waals surface area (Å²) in [5, 5.41) is 5.02. The van der Waals surface area contributed by atoms with Crippen LogP contribution in [0, 0.1) is 6.92 Å². The molecule has 0 amide bonds. The third kappa shape index (κ3) is 3.84. The van der Waals surface area contributed by atoms with Gasteiger partial charge in [0.1, 0.15) is 0 Å². The second-order valence-corrected chi connectivity index (χ2v) is 6.48. The van der Waals surface area contributed by atoms with Crippen LogP contribution in [0.4, 0.5) is 10.8 Å². The predicted octanol–water partition coefficient (Wildman–Crippen LogP) is 5.44. The Morgan fingerprint density at radius 3 is 2.71 bits per heavy atom. The number of halogens is 1. The largest absolute Gasteiger partial charge is 0.332 e. The smallest absolute Gasteiger partial charge is 0.187 e. The zero-order valence-corrected chi connectivity index (χ0v) is 13.2. The molecule has 0 unspecified atom stereocenters. The molecule has 3 aromatic rings. The second kappa shape index (κ2) is 6.29. The number of anilines is 2. The van der Waals surface area contributed by atoms with Crippen LogP contribution in [-0.4, -0.2) is 4.98 Å². The molecule has 0 aliphatic rings. The van der Waals surface area contributed by atoms with Gasteiger partial charge in [-0.2, -0.15) is 0 Å². The average Bonchev–Trinajstić information content (AvgIpc) is 2.89. The highest BCUT2D eigenvalue weighted by Crippen LogP contribution is 2.25. The van der Waals surface area contributed by atoms with E-state index in [1.807, 2.05) is 24.4 Å². The summed E-state index contributed by atoms with van der Waals surface area (Å²) in [6.45, 7) is 2.08. The van der Waals surface area contributed by atoms with Crippen molar-refractivity contribution >= 4 is 33.8 Å². The highest BCUT2D eigenvalue weighted by atomic mass is 35.5. The molecule has 1 N–H and O–H groups in total. The SMILES string of the molecule is Cc1ccc(Nc2ncc(Cc3cccc(Cl)c3)s2)cc1. The van der Waals surface area contributed by atoms with Crippen molar-refractivity contribution in [1.29, 1.82) is 0 Å². The number of thiazole rings is 1. The van der Waals surface area contributed by atoms with Gasteiger partial charge in [-0.05, 0) is 36.8 Å². The molecule has 3 rings (SSSR count). The molecule has 0 radical (unpaired) electrons. The monoisotopic (exact) mass is 314 g/mol. The maximum absolute atomic E-state index is 6.01. The van der Waals surface area contributed by atoms with Crippen molar-refractivity contribution in [2.75, 3.05) is 5.32 Å². The summed E-state index contributed by atoms with van der Waals surface area (Å²) in [5.74, 6) is 0. The summed E-state index contributed by atoms with van der Waals surface area (Å²) in [4.78, 5) is 5.64. The minimum Gasteiger partial charge on any atom is -0.332 e. The molecule has 0 aliphatic carbocycles. The van der Waals surface area contributed by atoms with Crippen molar-refractivity contribution in [3.8, 4) is 0 Å². The molecule has 21 heavy (non-hydrogen) atoms. The van der Waals surface area contributed by atoms with E-state index in [9.17, 15) is 0 Å². The number of rotatable bonds is 4. The van der Waals surface area contributed by atoms with Gasteiger partial charge in [-0.25, -0.2) is 4.98 Å². The van der Waals surface area contributed by atoms with Gasteiger partial charge in [0.2, 0.25) is 0 Å². The number of hydrogen-bond donors (Lipinski definition) is 1. The van der Waals surface area contributed by atoms with Gasteiger partial charge in [-0.1, -0.05) is 41.4 Å². The van der Waals surface area contributed by atoms with E-state index in [4.69, 9.17) is 11.6 Å². The van der Waals surface area contributed by atoms with Gasteiger partial charge in [0.15, 0.2) is 5.13 Å². The fourth-order valence-electron chi connectivity index (χ4n) is 2.06. The Morgan fingerprint density at radius 1 is 1.14 bits per heavy atom. The van der Waals surface area contributed by atoms with E-state index in [-0.39, 0.29) is 0 Å². The van der Waals surface area contributed by atoms with Gasteiger partial charge in [-0.15, -0.1) is 11.3 Å². The van der Waals surface area contributed by atoms with Crippen LogP contribution < -0.4 is 5.32 Å². The van der Waals surface area contributed by atoms with E-state index in [0.29, 0.717) is 0 Å². The Labute approximate surface area is 133 Å². The first kappa shape index (κ1) is 14.1.